The molecule has 2 fully saturated rings. The third kappa shape index (κ3) is 3.02. The van der Waals surface area contributed by atoms with Gasteiger partial charge in [0, 0.05) is 12.0 Å². The number of nitrogens with one attached hydrogen (secondary N) is 1. The lowest BCUT2D eigenvalue weighted by molar-refractivity contribution is 0.0958. The number of imidazole rings is 1. The van der Waals surface area contributed by atoms with Crippen molar-refractivity contribution >= 4 is 11.0 Å². The van der Waals surface area contributed by atoms with Crippen LogP contribution in [0.15, 0.2) is 18.2 Å². The summed E-state index contributed by atoms with van der Waals surface area (Å²) in [4.78, 5) is 13.7. The number of hydrogen-bond acceptors (Lipinski definition) is 3. The van der Waals surface area contributed by atoms with Gasteiger partial charge in [0.1, 0.15) is 5.82 Å². The second-order valence-electron chi connectivity index (χ2n) is 7.44. The molecule has 2 aromatic rings. The molecule has 1 aromatic heterocycles. The van der Waals surface area contributed by atoms with Crippen LogP contribution in [0.1, 0.15) is 43.0 Å². The minimum Gasteiger partial charge on any atom is -0.342 e. The summed E-state index contributed by atoms with van der Waals surface area (Å²) in [6.45, 7) is 7.13. The molecule has 4 rings (SSSR count). The van der Waals surface area contributed by atoms with E-state index in [-0.39, 0.29) is 0 Å². The summed E-state index contributed by atoms with van der Waals surface area (Å²) in [6, 6.07) is 7.22. The highest BCUT2D eigenvalue weighted by molar-refractivity contribution is 5.78. The Bertz CT molecular complexity index is 661. The molecule has 23 heavy (non-hydrogen) atoms. The number of likely N-dealkylation sites (tertiary alicyclic amines) is 2. The number of para-hydroxylation sites is 1. The van der Waals surface area contributed by atoms with E-state index < -0.39 is 0 Å². The van der Waals surface area contributed by atoms with Gasteiger partial charge in [0.05, 0.1) is 11.0 Å². The number of H-pyrrole nitrogens is 1. The number of piperidine rings is 2. The normalized spacial score (nSPS) is 22.9. The fourth-order valence-corrected chi connectivity index (χ4v) is 4.29. The van der Waals surface area contributed by atoms with E-state index in [1.54, 1.807) is 0 Å². The maximum atomic E-state index is 4.90. The summed E-state index contributed by atoms with van der Waals surface area (Å²) < 4.78 is 0. The molecule has 0 atom stereocenters. The predicted octanol–water partition coefficient (Wildman–Crippen LogP) is 3.14. The van der Waals surface area contributed by atoms with Gasteiger partial charge in [-0.05, 0) is 77.5 Å². The third-order valence-electron chi connectivity index (χ3n) is 5.85. The third-order valence-corrected chi connectivity index (χ3v) is 5.85. The second-order valence-corrected chi connectivity index (χ2v) is 7.44. The summed E-state index contributed by atoms with van der Waals surface area (Å²) in [5.74, 6) is 1.81. The van der Waals surface area contributed by atoms with E-state index in [1.165, 1.54) is 68.8 Å². The Labute approximate surface area is 138 Å². The lowest BCUT2D eigenvalue weighted by Crippen LogP contribution is -2.46. The predicted molar refractivity (Wildman–Crippen MR) is 94.9 cm³/mol. The minimum absolute atomic E-state index is 0.601. The number of nitrogens with zero attached hydrogens (tertiary/aromatic N) is 3. The molecule has 1 N–H and O–H groups in total. The summed E-state index contributed by atoms with van der Waals surface area (Å²) in [5, 5.41) is 0. The SMILES string of the molecule is Cc1cccc2[nH]c(C3CCN(C4CCN(C)CC4)CC3)nc12. The summed E-state index contributed by atoms with van der Waals surface area (Å²) in [7, 11) is 2.24. The van der Waals surface area contributed by atoms with Crippen LogP contribution in [-0.4, -0.2) is 59.0 Å². The van der Waals surface area contributed by atoms with Crippen LogP contribution in [0.2, 0.25) is 0 Å². The van der Waals surface area contributed by atoms with Crippen molar-refractivity contribution < 1.29 is 0 Å². The quantitative estimate of drug-likeness (QED) is 0.925. The highest BCUT2D eigenvalue weighted by Crippen LogP contribution is 2.30. The van der Waals surface area contributed by atoms with Gasteiger partial charge in [-0.1, -0.05) is 12.1 Å². The molecular formula is C19H28N4. The average molecular weight is 312 g/mol. The van der Waals surface area contributed by atoms with Crippen molar-refractivity contribution in [3.63, 3.8) is 0 Å². The molecule has 3 heterocycles. The highest BCUT2D eigenvalue weighted by Gasteiger charge is 2.29. The number of aryl methyl sites for hydroxylation is 1. The van der Waals surface area contributed by atoms with E-state index in [2.05, 4.69) is 47.0 Å². The lowest BCUT2D eigenvalue weighted by Gasteiger charge is -2.40. The van der Waals surface area contributed by atoms with Crippen molar-refractivity contribution in [1.82, 2.24) is 19.8 Å². The first-order chi connectivity index (χ1) is 11.2. The first-order valence-electron chi connectivity index (χ1n) is 9.08. The van der Waals surface area contributed by atoms with Gasteiger partial charge in [0.25, 0.3) is 0 Å². The molecule has 124 valence electrons. The Morgan fingerprint density at radius 3 is 2.48 bits per heavy atom. The molecule has 2 saturated heterocycles. The molecule has 0 aliphatic carbocycles. The van der Waals surface area contributed by atoms with Gasteiger partial charge in [-0.15, -0.1) is 0 Å². The number of hydrogen-bond donors (Lipinski definition) is 1. The Kier molecular flexibility index (Phi) is 4.12. The smallest absolute Gasteiger partial charge is 0.110 e. The Morgan fingerprint density at radius 1 is 1.04 bits per heavy atom. The van der Waals surface area contributed by atoms with E-state index in [4.69, 9.17) is 4.98 Å². The van der Waals surface area contributed by atoms with Crippen LogP contribution in [0, 0.1) is 6.92 Å². The maximum absolute atomic E-state index is 4.90. The fourth-order valence-electron chi connectivity index (χ4n) is 4.29. The fraction of sp³-hybridized carbons (Fsp3) is 0.632. The first kappa shape index (κ1) is 15.2. The molecule has 0 radical (unpaired) electrons. The largest absolute Gasteiger partial charge is 0.342 e. The van der Waals surface area contributed by atoms with Crippen molar-refractivity contribution in [3.8, 4) is 0 Å². The van der Waals surface area contributed by atoms with Gasteiger partial charge < -0.3 is 14.8 Å². The zero-order valence-electron chi connectivity index (χ0n) is 14.4. The van der Waals surface area contributed by atoms with Gasteiger partial charge in [0.2, 0.25) is 0 Å². The molecule has 1 aromatic carbocycles. The van der Waals surface area contributed by atoms with Crippen molar-refractivity contribution in [2.45, 2.75) is 44.6 Å². The molecule has 0 bridgehead atoms. The number of aromatic amines is 1. The van der Waals surface area contributed by atoms with Crippen molar-refractivity contribution in [2.24, 2.45) is 0 Å². The van der Waals surface area contributed by atoms with Gasteiger partial charge in [-0.2, -0.15) is 0 Å². The number of fused-ring (bicyclic) bond motifs is 1. The molecular weight excluding hydrogens is 284 g/mol. The van der Waals surface area contributed by atoms with Crippen molar-refractivity contribution in [2.75, 3.05) is 33.2 Å². The van der Waals surface area contributed by atoms with E-state index in [0.29, 0.717) is 5.92 Å². The molecule has 0 unspecified atom stereocenters. The van der Waals surface area contributed by atoms with Crippen molar-refractivity contribution in [3.05, 3.63) is 29.6 Å². The Morgan fingerprint density at radius 2 is 1.78 bits per heavy atom. The molecule has 0 amide bonds. The van der Waals surface area contributed by atoms with E-state index in [0.717, 1.165) is 11.6 Å². The zero-order chi connectivity index (χ0) is 15.8. The maximum Gasteiger partial charge on any atom is 0.110 e. The van der Waals surface area contributed by atoms with E-state index >= 15 is 0 Å². The van der Waals surface area contributed by atoms with E-state index in [1.807, 2.05) is 0 Å². The number of aromatic nitrogens is 2. The van der Waals surface area contributed by atoms with Gasteiger partial charge in [0.15, 0.2) is 0 Å². The van der Waals surface area contributed by atoms with Gasteiger partial charge in [-0.25, -0.2) is 4.98 Å². The molecule has 4 nitrogen and oxygen atoms in total. The van der Waals surface area contributed by atoms with Gasteiger partial charge >= 0.3 is 0 Å². The molecule has 4 heteroatoms. The monoisotopic (exact) mass is 312 g/mol. The Balaban J connectivity index is 1.41. The Hall–Kier alpha value is -1.39. The van der Waals surface area contributed by atoms with Crippen LogP contribution >= 0.6 is 0 Å². The summed E-state index contributed by atoms with van der Waals surface area (Å²) in [6.07, 6.45) is 5.16. The average Bonchev–Trinajstić information content (AvgIpc) is 3.01. The van der Waals surface area contributed by atoms with Crippen LogP contribution in [0.25, 0.3) is 11.0 Å². The number of benzene rings is 1. The van der Waals surface area contributed by atoms with Crippen LogP contribution in [0.5, 0.6) is 0 Å². The van der Waals surface area contributed by atoms with Gasteiger partial charge in [-0.3, -0.25) is 0 Å². The van der Waals surface area contributed by atoms with Crippen LogP contribution in [0.3, 0.4) is 0 Å². The second kappa shape index (κ2) is 6.25. The lowest BCUT2D eigenvalue weighted by atomic mass is 9.93. The van der Waals surface area contributed by atoms with Crippen LogP contribution in [0.4, 0.5) is 0 Å². The molecule has 0 spiro atoms. The highest BCUT2D eigenvalue weighted by atomic mass is 15.2. The topological polar surface area (TPSA) is 35.2 Å². The van der Waals surface area contributed by atoms with E-state index in [9.17, 15) is 0 Å². The zero-order valence-corrected chi connectivity index (χ0v) is 14.4. The number of rotatable bonds is 2. The first-order valence-corrected chi connectivity index (χ1v) is 9.08. The molecule has 0 saturated carbocycles. The summed E-state index contributed by atoms with van der Waals surface area (Å²) in [5.41, 5.74) is 3.62. The molecule has 2 aliphatic heterocycles. The van der Waals surface area contributed by atoms with Crippen LogP contribution in [-0.2, 0) is 0 Å². The molecule has 2 aliphatic rings. The van der Waals surface area contributed by atoms with Crippen molar-refractivity contribution in [1.29, 1.82) is 0 Å². The standard InChI is InChI=1S/C19H28N4/c1-14-4-3-5-17-18(14)21-19(20-17)15-6-12-23(13-7-15)16-8-10-22(2)11-9-16/h3-5,15-16H,6-13H2,1-2H3,(H,20,21). The minimum atomic E-state index is 0.601. The van der Waals surface area contributed by atoms with Crippen LogP contribution < -0.4 is 0 Å². The summed E-state index contributed by atoms with van der Waals surface area (Å²) >= 11 is 0.